The van der Waals surface area contributed by atoms with Crippen LogP contribution < -0.4 is 4.74 Å². The molecule has 1 heterocycles. The summed E-state index contributed by atoms with van der Waals surface area (Å²) in [5, 5.41) is 11.3. The topological polar surface area (TPSA) is 70.1 Å². The molecule has 1 aliphatic heterocycles. The Morgan fingerprint density at radius 1 is 1.12 bits per heavy atom. The van der Waals surface area contributed by atoms with Gasteiger partial charge in [-0.25, -0.2) is 0 Å². The van der Waals surface area contributed by atoms with Gasteiger partial charge in [0, 0.05) is 18.7 Å². The van der Waals surface area contributed by atoms with E-state index in [9.17, 15) is 14.7 Å². The Morgan fingerprint density at radius 2 is 1.79 bits per heavy atom. The van der Waals surface area contributed by atoms with Gasteiger partial charge in [-0.15, -0.1) is 0 Å². The molecule has 182 valence electrons. The number of Topliss-reactive ketones (excluding diaryl/α,β-unsaturated/α-hetero) is 1. The van der Waals surface area contributed by atoms with Crippen molar-refractivity contribution in [3.63, 3.8) is 0 Å². The van der Waals surface area contributed by atoms with Gasteiger partial charge in [-0.3, -0.25) is 9.59 Å². The van der Waals surface area contributed by atoms with Crippen molar-refractivity contribution in [2.45, 2.75) is 40.2 Å². The summed E-state index contributed by atoms with van der Waals surface area (Å²) in [6.45, 7) is 9.73. The Labute approximate surface area is 202 Å². The molecule has 1 amide bonds. The summed E-state index contributed by atoms with van der Waals surface area (Å²) in [7, 11) is 3.85. The summed E-state index contributed by atoms with van der Waals surface area (Å²) in [6.07, 6.45) is 0.894. The number of aryl methyl sites for hydroxylation is 2. The molecule has 1 N–H and O–H groups in total. The number of aliphatic hydroxyl groups is 1. The van der Waals surface area contributed by atoms with E-state index in [1.54, 1.807) is 23.1 Å². The maximum absolute atomic E-state index is 13.2. The number of carbonyl (C=O) groups is 2. The number of rotatable bonds is 9. The summed E-state index contributed by atoms with van der Waals surface area (Å²) < 4.78 is 5.85. The minimum Gasteiger partial charge on any atom is -0.507 e. The Hall–Kier alpha value is -3.12. The van der Waals surface area contributed by atoms with Gasteiger partial charge in [0.15, 0.2) is 0 Å². The number of ketones is 1. The molecule has 0 radical (unpaired) electrons. The highest BCUT2D eigenvalue weighted by Gasteiger charge is 2.45. The predicted octanol–water partition coefficient (Wildman–Crippen LogP) is 4.58. The number of benzene rings is 2. The molecule has 1 saturated heterocycles. The minimum atomic E-state index is -0.654. The average molecular weight is 465 g/mol. The number of likely N-dealkylation sites (N-methyl/N-ethyl adjacent to an activating group) is 1. The Bertz CT molecular complexity index is 1070. The van der Waals surface area contributed by atoms with E-state index in [4.69, 9.17) is 4.74 Å². The number of likely N-dealkylation sites (tertiary alicyclic amines) is 1. The second-order valence-corrected chi connectivity index (χ2v) is 9.58. The fourth-order valence-corrected chi connectivity index (χ4v) is 4.07. The van der Waals surface area contributed by atoms with Crippen molar-refractivity contribution >= 4 is 17.4 Å². The van der Waals surface area contributed by atoms with Gasteiger partial charge in [-0.1, -0.05) is 45.0 Å². The highest BCUT2D eigenvalue weighted by atomic mass is 16.5. The van der Waals surface area contributed by atoms with Crippen LogP contribution in [0.15, 0.2) is 48.0 Å². The second-order valence-electron chi connectivity index (χ2n) is 9.58. The zero-order valence-corrected chi connectivity index (χ0v) is 21.1. The third-order valence-corrected chi connectivity index (χ3v) is 6.05. The van der Waals surface area contributed by atoms with Crippen molar-refractivity contribution in [3.8, 4) is 5.75 Å². The van der Waals surface area contributed by atoms with Crippen LogP contribution in [-0.4, -0.2) is 60.4 Å². The first-order chi connectivity index (χ1) is 16.1. The first-order valence-corrected chi connectivity index (χ1v) is 11.9. The lowest BCUT2D eigenvalue weighted by Crippen LogP contribution is -2.35. The van der Waals surface area contributed by atoms with E-state index < -0.39 is 17.7 Å². The molecule has 1 atom stereocenters. The lowest BCUT2D eigenvalue weighted by Gasteiger charge is -2.26. The Morgan fingerprint density at radius 3 is 2.35 bits per heavy atom. The van der Waals surface area contributed by atoms with Crippen molar-refractivity contribution in [1.82, 2.24) is 9.80 Å². The van der Waals surface area contributed by atoms with Gasteiger partial charge in [0.05, 0.1) is 18.2 Å². The molecule has 2 aromatic carbocycles. The SMILES string of the molecule is CCc1ccc([C@@H]2C(=C(O)c3ccc(OCC(C)C)c(C)c3)C(=O)C(=O)N2CCN(C)C)cc1. The first-order valence-electron chi connectivity index (χ1n) is 11.9. The highest BCUT2D eigenvalue weighted by molar-refractivity contribution is 6.46. The Kier molecular flexibility index (Phi) is 8.15. The molecule has 6 heteroatoms. The van der Waals surface area contributed by atoms with Crippen LogP contribution in [0.4, 0.5) is 0 Å². The van der Waals surface area contributed by atoms with Crippen LogP contribution in [0, 0.1) is 12.8 Å². The number of hydrogen-bond donors (Lipinski definition) is 1. The van der Waals surface area contributed by atoms with Gasteiger partial charge in [-0.05, 0) is 68.2 Å². The van der Waals surface area contributed by atoms with Crippen LogP contribution >= 0.6 is 0 Å². The number of aliphatic hydroxyl groups excluding tert-OH is 1. The molecule has 0 aromatic heterocycles. The molecule has 6 nitrogen and oxygen atoms in total. The van der Waals surface area contributed by atoms with E-state index in [0.29, 0.717) is 31.2 Å². The van der Waals surface area contributed by atoms with Crippen molar-refractivity contribution in [2.24, 2.45) is 5.92 Å². The average Bonchev–Trinajstić information content (AvgIpc) is 3.06. The van der Waals surface area contributed by atoms with Crippen LogP contribution in [-0.2, 0) is 16.0 Å². The molecule has 0 saturated carbocycles. The van der Waals surface area contributed by atoms with Crippen LogP contribution in [0.2, 0.25) is 0 Å². The summed E-state index contributed by atoms with van der Waals surface area (Å²) >= 11 is 0. The maximum atomic E-state index is 13.2. The van der Waals surface area contributed by atoms with E-state index in [1.165, 1.54) is 5.56 Å². The fourth-order valence-electron chi connectivity index (χ4n) is 4.07. The Balaban J connectivity index is 2.06. The van der Waals surface area contributed by atoms with Gasteiger partial charge < -0.3 is 19.6 Å². The quantitative estimate of drug-likeness (QED) is 0.334. The first kappa shape index (κ1) is 25.5. The molecule has 0 bridgehead atoms. The third kappa shape index (κ3) is 5.50. The van der Waals surface area contributed by atoms with Gasteiger partial charge in [-0.2, -0.15) is 0 Å². The molecule has 34 heavy (non-hydrogen) atoms. The zero-order valence-electron chi connectivity index (χ0n) is 21.1. The molecule has 0 spiro atoms. The zero-order chi connectivity index (χ0) is 25.0. The van der Waals surface area contributed by atoms with Crippen molar-refractivity contribution in [2.75, 3.05) is 33.8 Å². The number of nitrogens with zero attached hydrogens (tertiary/aromatic N) is 2. The summed E-state index contributed by atoms with van der Waals surface area (Å²) in [5.41, 5.74) is 3.46. The molecule has 3 rings (SSSR count). The molecular formula is C28H36N2O4. The number of amides is 1. The van der Waals surface area contributed by atoms with Crippen molar-refractivity contribution in [3.05, 3.63) is 70.3 Å². The minimum absolute atomic E-state index is 0.128. The van der Waals surface area contributed by atoms with Crippen LogP contribution in [0.25, 0.3) is 5.76 Å². The predicted molar refractivity (Wildman–Crippen MR) is 135 cm³/mol. The van der Waals surface area contributed by atoms with Crippen LogP contribution in [0.5, 0.6) is 5.75 Å². The van der Waals surface area contributed by atoms with Gasteiger partial charge in [0.1, 0.15) is 11.5 Å². The molecule has 0 unspecified atom stereocenters. The van der Waals surface area contributed by atoms with Crippen LogP contribution in [0.3, 0.4) is 0 Å². The smallest absolute Gasteiger partial charge is 0.295 e. The lowest BCUT2D eigenvalue weighted by atomic mass is 9.94. The number of hydrogen-bond acceptors (Lipinski definition) is 5. The normalized spacial score (nSPS) is 17.8. The number of ether oxygens (including phenoxy) is 1. The molecule has 2 aromatic rings. The van der Waals surface area contributed by atoms with Gasteiger partial charge in [0.2, 0.25) is 0 Å². The largest absolute Gasteiger partial charge is 0.507 e. The fraction of sp³-hybridized carbons (Fsp3) is 0.429. The standard InChI is InChI=1S/C28H36N2O4/c1-7-20-8-10-21(11-9-20)25-24(27(32)28(33)30(25)15-14-29(5)6)26(31)22-12-13-23(19(4)16-22)34-17-18(2)3/h8-13,16,18,25,31H,7,14-15,17H2,1-6H3/t25-/m1/s1. The van der Waals surface area contributed by atoms with Crippen LogP contribution in [0.1, 0.15) is 49.1 Å². The molecule has 1 aliphatic rings. The summed E-state index contributed by atoms with van der Waals surface area (Å²) in [5.74, 6) is -0.262. The highest BCUT2D eigenvalue weighted by Crippen LogP contribution is 2.39. The van der Waals surface area contributed by atoms with E-state index in [0.717, 1.165) is 23.3 Å². The van der Waals surface area contributed by atoms with E-state index in [-0.39, 0.29) is 11.3 Å². The number of carbonyl (C=O) groups excluding carboxylic acids is 2. The molecule has 0 aliphatic carbocycles. The monoisotopic (exact) mass is 464 g/mol. The second kappa shape index (κ2) is 10.9. The molecule has 1 fully saturated rings. The van der Waals surface area contributed by atoms with Gasteiger partial charge >= 0.3 is 0 Å². The maximum Gasteiger partial charge on any atom is 0.295 e. The summed E-state index contributed by atoms with van der Waals surface area (Å²) in [4.78, 5) is 29.7. The lowest BCUT2D eigenvalue weighted by molar-refractivity contribution is -0.140. The van der Waals surface area contributed by atoms with E-state index in [2.05, 4.69) is 20.8 Å². The van der Waals surface area contributed by atoms with Gasteiger partial charge in [0.25, 0.3) is 11.7 Å². The van der Waals surface area contributed by atoms with E-state index >= 15 is 0 Å². The van der Waals surface area contributed by atoms with Crippen molar-refractivity contribution in [1.29, 1.82) is 0 Å². The van der Waals surface area contributed by atoms with E-state index in [1.807, 2.05) is 50.2 Å². The van der Waals surface area contributed by atoms with Crippen molar-refractivity contribution < 1.29 is 19.4 Å². The molecular weight excluding hydrogens is 428 g/mol. The summed E-state index contributed by atoms with van der Waals surface area (Å²) in [6, 6.07) is 12.6. The third-order valence-electron chi connectivity index (χ3n) is 6.05.